The second kappa shape index (κ2) is 6.04. The Hall–Kier alpha value is -1.90. The number of hydrogen-bond donors (Lipinski definition) is 1. The Kier molecular flexibility index (Phi) is 3.95. The van der Waals surface area contributed by atoms with Gasteiger partial charge in [0.2, 0.25) is 0 Å². The fourth-order valence-electron chi connectivity index (χ4n) is 2.98. The van der Waals surface area contributed by atoms with Crippen molar-refractivity contribution in [2.24, 2.45) is 0 Å². The molecule has 1 aromatic heterocycles. The van der Waals surface area contributed by atoms with Crippen LogP contribution in [0, 0.1) is 0 Å². The number of benzene rings is 1. The molecular formula is C17H21N3. The average Bonchev–Trinajstić information content (AvgIpc) is 2.51. The first-order valence-corrected chi connectivity index (χ1v) is 7.46. The third-order valence-electron chi connectivity index (χ3n) is 4.14. The lowest BCUT2D eigenvalue weighted by atomic mass is 9.84. The lowest BCUT2D eigenvalue weighted by molar-refractivity contribution is 0.443. The molecule has 1 fully saturated rings. The Bertz CT molecular complexity index is 539. The van der Waals surface area contributed by atoms with Crippen molar-refractivity contribution < 1.29 is 0 Å². The summed E-state index contributed by atoms with van der Waals surface area (Å²) < 4.78 is 0. The molecule has 1 aromatic carbocycles. The predicted octanol–water partition coefficient (Wildman–Crippen LogP) is 3.70. The number of hydrogen-bond acceptors (Lipinski definition) is 3. The second-order valence-corrected chi connectivity index (χ2v) is 5.69. The van der Waals surface area contributed by atoms with Gasteiger partial charge in [0, 0.05) is 6.42 Å². The first-order valence-electron chi connectivity index (χ1n) is 7.46. The number of nitrogens with two attached hydrogens (primary N) is 1. The maximum Gasteiger partial charge on any atom is 0.132 e. The first-order chi connectivity index (χ1) is 9.81. The molecule has 2 N–H and O–H groups in total. The summed E-state index contributed by atoms with van der Waals surface area (Å²) in [7, 11) is 0. The minimum atomic E-state index is 0.612. The topological polar surface area (TPSA) is 51.8 Å². The summed E-state index contributed by atoms with van der Waals surface area (Å²) in [6.45, 7) is 0. The standard InChI is InChI=1S/C17H21N3/c18-16-11-19-17(20-12-16)10-13-6-8-15(9-7-13)14-4-2-1-3-5-14/h6-9,11-12,14H,1-5,10,18H2. The highest BCUT2D eigenvalue weighted by atomic mass is 14.9. The fraction of sp³-hybridized carbons (Fsp3) is 0.412. The van der Waals surface area contributed by atoms with E-state index in [1.807, 2.05) is 0 Å². The third kappa shape index (κ3) is 3.16. The molecule has 0 unspecified atom stereocenters. The van der Waals surface area contributed by atoms with Crippen molar-refractivity contribution in [2.75, 3.05) is 5.73 Å². The van der Waals surface area contributed by atoms with Gasteiger partial charge in [-0.05, 0) is 29.9 Å². The van der Waals surface area contributed by atoms with Crippen molar-refractivity contribution in [3.05, 3.63) is 53.6 Å². The molecule has 3 heteroatoms. The zero-order valence-corrected chi connectivity index (χ0v) is 11.8. The van der Waals surface area contributed by atoms with Gasteiger partial charge in [-0.2, -0.15) is 0 Å². The Labute approximate surface area is 120 Å². The van der Waals surface area contributed by atoms with Gasteiger partial charge in [-0.15, -0.1) is 0 Å². The smallest absolute Gasteiger partial charge is 0.132 e. The molecule has 3 nitrogen and oxygen atoms in total. The summed E-state index contributed by atoms with van der Waals surface area (Å²) in [6.07, 6.45) is 11.0. The summed E-state index contributed by atoms with van der Waals surface area (Å²) in [5.74, 6) is 1.59. The molecule has 1 aliphatic rings. The van der Waals surface area contributed by atoms with Crippen LogP contribution in [0.2, 0.25) is 0 Å². The summed E-state index contributed by atoms with van der Waals surface area (Å²) in [4.78, 5) is 8.50. The van der Waals surface area contributed by atoms with E-state index in [0.29, 0.717) is 5.69 Å². The Morgan fingerprint density at radius 3 is 2.25 bits per heavy atom. The molecule has 0 aliphatic heterocycles. The Balaban J connectivity index is 1.67. The molecule has 0 bridgehead atoms. The van der Waals surface area contributed by atoms with Crippen LogP contribution in [0.1, 0.15) is 55.0 Å². The monoisotopic (exact) mass is 267 g/mol. The largest absolute Gasteiger partial charge is 0.396 e. The maximum atomic E-state index is 5.60. The molecule has 104 valence electrons. The van der Waals surface area contributed by atoms with E-state index in [9.17, 15) is 0 Å². The van der Waals surface area contributed by atoms with E-state index >= 15 is 0 Å². The number of rotatable bonds is 3. The van der Waals surface area contributed by atoms with E-state index < -0.39 is 0 Å². The number of aromatic nitrogens is 2. The number of nitrogen functional groups attached to an aromatic ring is 1. The SMILES string of the molecule is Nc1cnc(Cc2ccc(C3CCCCC3)cc2)nc1. The highest BCUT2D eigenvalue weighted by Gasteiger charge is 2.15. The average molecular weight is 267 g/mol. The molecule has 20 heavy (non-hydrogen) atoms. The van der Waals surface area contributed by atoms with Crippen LogP contribution in [0.4, 0.5) is 5.69 Å². The van der Waals surface area contributed by atoms with E-state index in [2.05, 4.69) is 34.2 Å². The quantitative estimate of drug-likeness (QED) is 0.922. The van der Waals surface area contributed by atoms with Gasteiger partial charge in [-0.1, -0.05) is 43.5 Å². The molecule has 0 spiro atoms. The molecule has 1 saturated carbocycles. The summed E-state index contributed by atoms with van der Waals surface area (Å²) in [5, 5.41) is 0. The van der Waals surface area contributed by atoms with Crippen LogP contribution in [0.25, 0.3) is 0 Å². The van der Waals surface area contributed by atoms with Gasteiger partial charge in [-0.3, -0.25) is 0 Å². The summed E-state index contributed by atoms with van der Waals surface area (Å²) in [6, 6.07) is 8.98. The highest BCUT2D eigenvalue weighted by molar-refractivity contribution is 5.31. The molecule has 1 aliphatic carbocycles. The zero-order valence-electron chi connectivity index (χ0n) is 11.8. The van der Waals surface area contributed by atoms with Gasteiger partial charge in [0.05, 0.1) is 18.1 Å². The van der Waals surface area contributed by atoms with Crippen LogP contribution < -0.4 is 5.73 Å². The zero-order chi connectivity index (χ0) is 13.8. The molecular weight excluding hydrogens is 246 g/mol. The lowest BCUT2D eigenvalue weighted by Gasteiger charge is -2.22. The molecule has 2 aromatic rings. The first kappa shape index (κ1) is 13.1. The Morgan fingerprint density at radius 1 is 0.950 bits per heavy atom. The molecule has 0 saturated heterocycles. The molecule has 0 radical (unpaired) electrons. The van der Waals surface area contributed by atoms with E-state index in [0.717, 1.165) is 18.2 Å². The molecule has 1 heterocycles. The normalized spacial score (nSPS) is 16.2. The molecule has 0 amide bonds. The fourth-order valence-corrected chi connectivity index (χ4v) is 2.98. The van der Waals surface area contributed by atoms with Gasteiger partial charge in [0.1, 0.15) is 5.82 Å². The van der Waals surface area contributed by atoms with Crippen LogP contribution in [0.5, 0.6) is 0 Å². The Morgan fingerprint density at radius 2 is 1.60 bits per heavy atom. The van der Waals surface area contributed by atoms with Crippen LogP contribution in [-0.2, 0) is 6.42 Å². The van der Waals surface area contributed by atoms with E-state index in [1.54, 1.807) is 12.4 Å². The molecule has 3 rings (SSSR count). The third-order valence-corrected chi connectivity index (χ3v) is 4.14. The van der Waals surface area contributed by atoms with Crippen LogP contribution in [0.15, 0.2) is 36.7 Å². The van der Waals surface area contributed by atoms with Gasteiger partial charge in [0.25, 0.3) is 0 Å². The van der Waals surface area contributed by atoms with Crippen molar-refractivity contribution in [3.8, 4) is 0 Å². The van der Waals surface area contributed by atoms with E-state index in [4.69, 9.17) is 5.73 Å². The number of anilines is 1. The van der Waals surface area contributed by atoms with Crippen LogP contribution >= 0.6 is 0 Å². The van der Waals surface area contributed by atoms with Crippen molar-refractivity contribution in [1.82, 2.24) is 9.97 Å². The molecule has 0 atom stereocenters. The van der Waals surface area contributed by atoms with Crippen LogP contribution in [0.3, 0.4) is 0 Å². The van der Waals surface area contributed by atoms with Crippen molar-refractivity contribution in [2.45, 2.75) is 44.4 Å². The van der Waals surface area contributed by atoms with Crippen molar-refractivity contribution in [3.63, 3.8) is 0 Å². The predicted molar refractivity (Wildman–Crippen MR) is 81.5 cm³/mol. The van der Waals surface area contributed by atoms with Crippen molar-refractivity contribution >= 4 is 5.69 Å². The highest BCUT2D eigenvalue weighted by Crippen LogP contribution is 2.32. The summed E-state index contributed by atoms with van der Waals surface area (Å²) in [5.41, 5.74) is 8.96. The van der Waals surface area contributed by atoms with E-state index in [1.165, 1.54) is 43.2 Å². The minimum absolute atomic E-state index is 0.612. The van der Waals surface area contributed by atoms with Gasteiger partial charge in [-0.25, -0.2) is 9.97 Å². The van der Waals surface area contributed by atoms with E-state index in [-0.39, 0.29) is 0 Å². The van der Waals surface area contributed by atoms with Crippen molar-refractivity contribution in [1.29, 1.82) is 0 Å². The van der Waals surface area contributed by atoms with Crippen LogP contribution in [-0.4, -0.2) is 9.97 Å². The van der Waals surface area contributed by atoms with Gasteiger partial charge < -0.3 is 5.73 Å². The summed E-state index contributed by atoms with van der Waals surface area (Å²) >= 11 is 0. The maximum absolute atomic E-state index is 5.60. The minimum Gasteiger partial charge on any atom is -0.396 e. The lowest BCUT2D eigenvalue weighted by Crippen LogP contribution is -2.04. The van der Waals surface area contributed by atoms with Gasteiger partial charge >= 0.3 is 0 Å². The van der Waals surface area contributed by atoms with Gasteiger partial charge in [0.15, 0.2) is 0 Å². The second-order valence-electron chi connectivity index (χ2n) is 5.69. The number of nitrogens with zero attached hydrogens (tertiary/aromatic N) is 2.